The molecule has 0 aliphatic carbocycles. The smallest absolute Gasteiger partial charge is 0.221 e. The van der Waals surface area contributed by atoms with Crippen LogP contribution in [-0.2, 0) is 11.4 Å². The Morgan fingerprint density at radius 2 is 2.00 bits per heavy atom. The zero-order valence-electron chi connectivity index (χ0n) is 13.4. The predicted molar refractivity (Wildman–Crippen MR) is 87.1 cm³/mol. The number of hydrogen-bond acceptors (Lipinski definition) is 5. The number of nitrogens with two attached hydrogens (primary N) is 1. The van der Waals surface area contributed by atoms with Crippen molar-refractivity contribution in [1.82, 2.24) is 10.4 Å². The maximum absolute atomic E-state index is 8.94. The van der Waals surface area contributed by atoms with Crippen LogP contribution in [0.2, 0.25) is 0 Å². The average molecular weight is 511 g/mol. The van der Waals surface area contributed by atoms with E-state index in [0.29, 0.717) is 13.0 Å². The third kappa shape index (κ3) is 6.12. The molecule has 2 rings (SSSR count). The van der Waals surface area contributed by atoms with Crippen molar-refractivity contribution in [3.8, 4) is 5.88 Å². The largest absolute Gasteiger partial charge is 0.297 e. The van der Waals surface area contributed by atoms with E-state index in [9.17, 15) is 0 Å². The molecule has 7 heteroatoms. The predicted octanol–water partition coefficient (Wildman–Crippen LogP) is 1.10. The molecule has 1 aromatic heterocycles. The molecule has 0 saturated heterocycles. The van der Waals surface area contributed by atoms with Gasteiger partial charge in [-0.1, -0.05) is 0 Å². The van der Waals surface area contributed by atoms with Gasteiger partial charge in [0.15, 0.2) is 0 Å². The maximum atomic E-state index is 8.94. The minimum absolute atomic E-state index is 0.403. The Morgan fingerprint density at radius 3 is 2.61 bits per heavy atom. The standard InChI is InChI=1S/C15H17AtN2O.CH4N2O/c1-10-8-13(16)11(2)18-15(10)19-9-12-6-4-5-7-14(12)17-3;2-3-1-4/h4-8,17H,9H2,1-3H3;1H,2H2,(H,3,4). The first-order chi connectivity index (χ1) is 11.0. The molecule has 0 atom stereocenters. The molecule has 0 bridgehead atoms. The van der Waals surface area contributed by atoms with E-state index in [0.717, 1.165) is 28.4 Å². The number of rotatable bonds is 5. The molecule has 2 aromatic rings. The van der Waals surface area contributed by atoms with Crippen LogP contribution in [0, 0.1) is 38.6 Å². The number of carbonyl (C=O) groups excluding carboxylic acids is 1. The van der Waals surface area contributed by atoms with Gasteiger partial charge in [0, 0.05) is 0 Å². The molecule has 0 radical (unpaired) electrons. The van der Waals surface area contributed by atoms with Gasteiger partial charge in [-0.15, -0.1) is 0 Å². The second-order valence-electron chi connectivity index (χ2n) is 4.66. The van der Waals surface area contributed by atoms with Gasteiger partial charge in [-0.3, -0.25) is 10.2 Å². The average Bonchev–Trinajstić information content (AvgIpc) is 2.57. The number of anilines is 1. The summed E-state index contributed by atoms with van der Waals surface area (Å²) < 4.78 is 7.11. The van der Waals surface area contributed by atoms with Gasteiger partial charge in [0.2, 0.25) is 6.41 Å². The van der Waals surface area contributed by atoms with Gasteiger partial charge >= 0.3 is 129 Å². The van der Waals surface area contributed by atoms with Gasteiger partial charge in [-0.25, -0.2) is 5.84 Å². The summed E-state index contributed by atoms with van der Waals surface area (Å²) in [5, 5.41) is 3.17. The molecule has 0 spiro atoms. The number of ether oxygens (including phenoxy) is 1. The molecule has 0 aliphatic rings. The Hall–Kier alpha value is -1.72. The van der Waals surface area contributed by atoms with E-state index < -0.39 is 0 Å². The van der Waals surface area contributed by atoms with Gasteiger partial charge in [-0.2, -0.15) is 0 Å². The summed E-state index contributed by atoms with van der Waals surface area (Å²) in [5.74, 6) is 5.14. The van der Waals surface area contributed by atoms with Crippen LogP contribution < -0.4 is 24.6 Å². The number of hydrazine groups is 1. The van der Waals surface area contributed by atoms with Gasteiger partial charge in [0.05, 0.1) is 0 Å². The van der Waals surface area contributed by atoms with Crippen molar-refractivity contribution in [3.63, 3.8) is 0 Å². The van der Waals surface area contributed by atoms with Crippen LogP contribution in [0.25, 0.3) is 0 Å². The molecule has 6 nitrogen and oxygen atoms in total. The van der Waals surface area contributed by atoms with Gasteiger partial charge in [-0.05, 0) is 0 Å². The second-order valence-corrected chi connectivity index (χ2v) is 6.24. The SMILES string of the molecule is CNc1ccccc1COc1nc(C)c([At])cc1C.NNC=O. The molecular weight excluding hydrogens is 490 g/mol. The number of aromatic nitrogens is 1. The topological polar surface area (TPSA) is 89.3 Å². The Labute approximate surface area is 151 Å². The monoisotopic (exact) mass is 511 g/mol. The zero-order chi connectivity index (χ0) is 17.2. The van der Waals surface area contributed by atoms with Gasteiger partial charge in [0.1, 0.15) is 0 Å². The van der Waals surface area contributed by atoms with Crippen molar-refractivity contribution in [2.75, 3.05) is 12.4 Å². The van der Waals surface area contributed by atoms with Gasteiger partial charge in [0.25, 0.3) is 0 Å². The molecule has 1 heterocycles. The van der Waals surface area contributed by atoms with Crippen molar-refractivity contribution >= 4 is 15.4 Å². The first-order valence-electron chi connectivity index (χ1n) is 6.95. The molecule has 23 heavy (non-hydrogen) atoms. The van der Waals surface area contributed by atoms with Crippen LogP contribution >= 0.6 is 0 Å². The van der Waals surface area contributed by atoms with E-state index in [1.807, 2.05) is 39.1 Å². The summed E-state index contributed by atoms with van der Waals surface area (Å²) in [5.41, 5.74) is 6.10. The number of benzene rings is 1. The van der Waals surface area contributed by atoms with Crippen molar-refractivity contribution in [1.29, 1.82) is 0 Å². The second kappa shape index (κ2) is 10.1. The summed E-state index contributed by atoms with van der Waals surface area (Å²) in [4.78, 5) is 13.5. The summed E-state index contributed by atoms with van der Waals surface area (Å²) in [6.45, 7) is 4.58. The van der Waals surface area contributed by atoms with Crippen molar-refractivity contribution in [3.05, 3.63) is 47.2 Å². The van der Waals surface area contributed by atoms with Crippen LogP contribution in [0.15, 0.2) is 30.3 Å². The zero-order valence-corrected chi connectivity index (χ0v) is 16.3. The number of carbonyl (C=O) groups is 1. The third-order valence-corrected chi connectivity index (χ3v) is 4.50. The number of nitrogens with one attached hydrogen (secondary N) is 2. The molecule has 0 aliphatic heterocycles. The van der Waals surface area contributed by atoms with Gasteiger partial charge < -0.3 is 0 Å². The fourth-order valence-corrected chi connectivity index (χ4v) is 2.63. The van der Waals surface area contributed by atoms with Crippen molar-refractivity contribution in [2.45, 2.75) is 20.5 Å². The number of para-hydroxylation sites is 1. The minimum Gasteiger partial charge on any atom is -0.297 e. The van der Waals surface area contributed by atoms with E-state index in [-0.39, 0.29) is 0 Å². The van der Waals surface area contributed by atoms with Crippen molar-refractivity contribution < 1.29 is 34.3 Å². The van der Waals surface area contributed by atoms with Crippen LogP contribution in [-0.4, -0.2) is 18.4 Å². The number of hydrogen-bond donors (Lipinski definition) is 3. The van der Waals surface area contributed by atoms with E-state index >= 15 is 0 Å². The van der Waals surface area contributed by atoms with E-state index in [1.54, 1.807) is 30.1 Å². The summed E-state index contributed by atoms with van der Waals surface area (Å²) in [6.07, 6.45) is 0.403. The first-order valence-corrected chi connectivity index (χ1v) is 8.42. The van der Waals surface area contributed by atoms with Crippen molar-refractivity contribution in [2.24, 2.45) is 5.84 Å². The van der Waals surface area contributed by atoms with E-state index in [2.05, 4.69) is 28.3 Å². The van der Waals surface area contributed by atoms with E-state index in [4.69, 9.17) is 9.53 Å². The Kier molecular flexibility index (Phi) is 8.52. The Bertz CT molecular complexity index is 650. The van der Waals surface area contributed by atoms with Crippen LogP contribution in [0.4, 0.5) is 5.69 Å². The third-order valence-electron chi connectivity index (χ3n) is 3.01. The summed E-state index contributed by atoms with van der Waals surface area (Å²) >= 11 is 1.65. The molecule has 0 saturated carbocycles. The molecule has 0 unspecified atom stereocenters. The number of pyridine rings is 1. The summed E-state index contributed by atoms with van der Waals surface area (Å²) in [7, 11) is 1.92. The van der Waals surface area contributed by atoms with Crippen LogP contribution in [0.1, 0.15) is 16.8 Å². The number of amides is 1. The molecule has 4 N–H and O–H groups in total. The van der Waals surface area contributed by atoms with E-state index in [1.165, 1.54) is 3.27 Å². The molecule has 124 valence electrons. The Morgan fingerprint density at radius 1 is 1.35 bits per heavy atom. The normalized spacial score (nSPS) is 9.43. The molecular formula is C16H21AtN4O2. The summed E-state index contributed by atoms with van der Waals surface area (Å²) in [6, 6.07) is 10.3. The first kappa shape index (κ1) is 19.3. The fourth-order valence-electron chi connectivity index (χ4n) is 1.83. The number of aryl methyl sites for hydroxylation is 2. The Balaban J connectivity index is 0.000000593. The molecule has 0 fully saturated rings. The molecule has 1 amide bonds. The maximum Gasteiger partial charge on any atom is 0.221 e. The fraction of sp³-hybridized carbons (Fsp3) is 0.250. The quantitative estimate of drug-likeness (QED) is 0.242. The number of nitrogens with zero attached hydrogens (tertiary/aromatic N) is 1. The van der Waals surface area contributed by atoms with Crippen LogP contribution in [0.5, 0.6) is 5.88 Å². The minimum atomic E-state index is 0.403. The van der Waals surface area contributed by atoms with Crippen LogP contribution in [0.3, 0.4) is 0 Å². The molecule has 1 aromatic carbocycles.